The Labute approximate surface area is 224 Å². The van der Waals surface area contributed by atoms with E-state index < -0.39 is 24.3 Å². The van der Waals surface area contributed by atoms with Crippen molar-refractivity contribution in [1.29, 1.82) is 0 Å². The molecule has 0 bridgehead atoms. The van der Waals surface area contributed by atoms with Crippen LogP contribution in [0.25, 0.3) is 0 Å². The monoisotopic (exact) mass is 581 g/mol. The van der Waals surface area contributed by atoms with E-state index in [9.17, 15) is 35.5 Å². The molecule has 2 aliphatic heterocycles. The van der Waals surface area contributed by atoms with Crippen molar-refractivity contribution >= 4 is 17.8 Å². The van der Waals surface area contributed by atoms with Gasteiger partial charge in [0.25, 0.3) is 5.91 Å². The van der Waals surface area contributed by atoms with E-state index in [1.807, 2.05) is 29.2 Å². The Kier molecular flexibility index (Phi) is 11.0. The van der Waals surface area contributed by atoms with E-state index in [2.05, 4.69) is 9.88 Å². The summed E-state index contributed by atoms with van der Waals surface area (Å²) in [5, 5.41) is 14.2. The third-order valence-corrected chi connectivity index (χ3v) is 6.18. The Morgan fingerprint density at radius 2 is 1.45 bits per heavy atom. The predicted octanol–water partition coefficient (Wildman–Crippen LogP) is 4.62. The first-order valence-corrected chi connectivity index (χ1v) is 11.8. The second-order valence-corrected chi connectivity index (χ2v) is 9.26. The SMILES string of the molecule is O=C(O)C(F)(F)F.O=C(O)C(F)(F)F.O=C(c1cccnc1)N1CCCC2(CCN(Cc3ccc(F)cc3)C2)C1. The largest absolute Gasteiger partial charge is 0.490 e. The van der Waals surface area contributed by atoms with Crippen molar-refractivity contribution < 1.29 is 55.3 Å². The molecule has 1 unspecified atom stereocenters. The summed E-state index contributed by atoms with van der Waals surface area (Å²) in [7, 11) is 0. The van der Waals surface area contributed by atoms with Gasteiger partial charge in [-0.1, -0.05) is 12.1 Å². The number of carboxylic acids is 2. The van der Waals surface area contributed by atoms with Crippen molar-refractivity contribution in [3.63, 3.8) is 0 Å². The molecule has 2 N–H and O–H groups in total. The topological polar surface area (TPSA) is 111 Å². The number of pyridine rings is 1. The summed E-state index contributed by atoms with van der Waals surface area (Å²) in [5.41, 5.74) is 2.00. The first-order valence-electron chi connectivity index (χ1n) is 11.8. The molecule has 2 saturated heterocycles. The van der Waals surface area contributed by atoms with Crippen LogP contribution in [0, 0.1) is 11.2 Å². The van der Waals surface area contributed by atoms with Crippen LogP contribution in [0.1, 0.15) is 35.2 Å². The minimum Gasteiger partial charge on any atom is -0.475 e. The number of carboxylic acid groups (broad SMARTS) is 2. The van der Waals surface area contributed by atoms with Gasteiger partial charge in [0.05, 0.1) is 5.56 Å². The number of aliphatic carboxylic acids is 2. The molecule has 40 heavy (non-hydrogen) atoms. The molecule has 1 aromatic carbocycles. The zero-order chi connectivity index (χ0) is 30.1. The van der Waals surface area contributed by atoms with Crippen LogP contribution in [0.3, 0.4) is 0 Å². The second kappa shape index (κ2) is 13.5. The van der Waals surface area contributed by atoms with E-state index in [0.29, 0.717) is 5.56 Å². The van der Waals surface area contributed by atoms with E-state index >= 15 is 0 Å². The van der Waals surface area contributed by atoms with E-state index in [-0.39, 0.29) is 17.1 Å². The van der Waals surface area contributed by atoms with Gasteiger partial charge in [0, 0.05) is 44.0 Å². The van der Waals surface area contributed by atoms with Gasteiger partial charge < -0.3 is 15.1 Å². The number of nitrogens with zero attached hydrogens (tertiary/aromatic N) is 3. The minimum absolute atomic E-state index is 0.0918. The quantitative estimate of drug-likeness (QED) is 0.510. The van der Waals surface area contributed by atoms with Crippen LogP contribution in [-0.4, -0.2) is 81.4 Å². The number of rotatable bonds is 3. The smallest absolute Gasteiger partial charge is 0.475 e. The second-order valence-electron chi connectivity index (χ2n) is 9.26. The van der Waals surface area contributed by atoms with Crippen molar-refractivity contribution in [2.45, 2.75) is 38.2 Å². The van der Waals surface area contributed by atoms with E-state index in [1.165, 1.54) is 18.6 Å². The van der Waals surface area contributed by atoms with E-state index in [0.717, 1.165) is 51.1 Å². The van der Waals surface area contributed by atoms with Crippen molar-refractivity contribution in [3.8, 4) is 0 Å². The van der Waals surface area contributed by atoms with Crippen LogP contribution < -0.4 is 0 Å². The van der Waals surface area contributed by atoms with Crippen molar-refractivity contribution in [1.82, 2.24) is 14.8 Å². The molecule has 15 heteroatoms. The number of alkyl halides is 6. The minimum atomic E-state index is -5.08. The number of carbonyl (C=O) groups excluding carboxylic acids is 1. The summed E-state index contributed by atoms with van der Waals surface area (Å²) in [6, 6.07) is 10.4. The molecule has 2 aromatic rings. The van der Waals surface area contributed by atoms with Gasteiger partial charge in [-0.15, -0.1) is 0 Å². The highest BCUT2D eigenvalue weighted by Crippen LogP contribution is 2.39. The fourth-order valence-corrected chi connectivity index (χ4v) is 4.40. The lowest BCUT2D eigenvalue weighted by molar-refractivity contribution is -0.193. The number of piperidine rings is 1. The maximum Gasteiger partial charge on any atom is 0.490 e. The number of hydrogen-bond donors (Lipinski definition) is 2. The predicted molar refractivity (Wildman–Crippen MR) is 125 cm³/mol. The van der Waals surface area contributed by atoms with Gasteiger partial charge in [-0.2, -0.15) is 26.3 Å². The van der Waals surface area contributed by atoms with E-state index in [4.69, 9.17) is 19.8 Å². The molecule has 4 rings (SSSR count). The summed E-state index contributed by atoms with van der Waals surface area (Å²) in [6.45, 7) is 4.53. The Balaban J connectivity index is 0.000000333. The van der Waals surface area contributed by atoms with Crippen molar-refractivity contribution in [2.75, 3.05) is 26.2 Å². The fraction of sp³-hybridized carbons (Fsp3) is 0.440. The molecule has 8 nitrogen and oxygen atoms in total. The molecule has 1 aromatic heterocycles. The van der Waals surface area contributed by atoms with Crippen LogP contribution in [0.2, 0.25) is 0 Å². The lowest BCUT2D eigenvalue weighted by atomic mass is 9.79. The summed E-state index contributed by atoms with van der Waals surface area (Å²) >= 11 is 0. The molecule has 0 aliphatic carbocycles. The standard InChI is InChI=1S/C21H24FN3O.2C2HF3O2/c22-19-6-4-17(5-7-19)14-24-12-9-21(15-24)8-2-11-25(16-21)20(26)18-3-1-10-23-13-18;2*3-2(4,5)1(6)7/h1,3-7,10,13H,2,8-9,11-12,14-16H2;2*(H,6,7). The number of likely N-dealkylation sites (tertiary alicyclic amines) is 2. The Morgan fingerprint density at radius 3 is 1.95 bits per heavy atom. The molecule has 2 fully saturated rings. The molecular weight excluding hydrogens is 555 g/mol. The normalized spacial score (nSPS) is 19.2. The Morgan fingerprint density at radius 1 is 0.875 bits per heavy atom. The van der Waals surface area contributed by atoms with Crippen LogP contribution in [0.4, 0.5) is 30.7 Å². The van der Waals surface area contributed by atoms with Crippen LogP contribution in [0.15, 0.2) is 48.8 Å². The van der Waals surface area contributed by atoms with Gasteiger partial charge in [-0.05, 0) is 55.6 Å². The average molecular weight is 581 g/mol. The van der Waals surface area contributed by atoms with Gasteiger partial charge >= 0.3 is 24.3 Å². The van der Waals surface area contributed by atoms with Crippen LogP contribution in [-0.2, 0) is 16.1 Å². The first kappa shape index (κ1) is 32.5. The molecular formula is C25H26F7N3O5. The number of benzene rings is 1. The lowest BCUT2D eigenvalue weighted by Crippen LogP contribution is -2.47. The van der Waals surface area contributed by atoms with Crippen LogP contribution >= 0.6 is 0 Å². The van der Waals surface area contributed by atoms with Crippen molar-refractivity contribution in [2.24, 2.45) is 5.41 Å². The molecule has 0 radical (unpaired) electrons. The highest BCUT2D eigenvalue weighted by atomic mass is 19.4. The number of amides is 1. The molecule has 3 heterocycles. The number of aromatic nitrogens is 1. The van der Waals surface area contributed by atoms with E-state index in [1.54, 1.807) is 12.4 Å². The fourth-order valence-electron chi connectivity index (χ4n) is 4.40. The third-order valence-electron chi connectivity index (χ3n) is 6.18. The Bertz CT molecular complexity index is 1120. The summed E-state index contributed by atoms with van der Waals surface area (Å²) < 4.78 is 76.6. The third kappa shape index (κ3) is 10.1. The van der Waals surface area contributed by atoms with Gasteiger partial charge in [-0.3, -0.25) is 14.7 Å². The molecule has 1 atom stereocenters. The highest BCUT2D eigenvalue weighted by Gasteiger charge is 2.42. The molecule has 2 aliphatic rings. The first-order chi connectivity index (χ1) is 18.5. The number of hydrogen-bond acceptors (Lipinski definition) is 5. The average Bonchev–Trinajstić information content (AvgIpc) is 3.26. The molecule has 1 amide bonds. The highest BCUT2D eigenvalue weighted by molar-refractivity contribution is 5.94. The Hall–Kier alpha value is -3.75. The number of carbonyl (C=O) groups is 3. The van der Waals surface area contributed by atoms with Gasteiger partial charge in [0.1, 0.15) is 5.82 Å². The maximum atomic E-state index is 13.1. The van der Waals surface area contributed by atoms with Gasteiger partial charge in [-0.25, -0.2) is 14.0 Å². The number of halogens is 7. The molecule has 220 valence electrons. The summed E-state index contributed by atoms with van der Waals surface area (Å²) in [4.78, 5) is 39.1. The summed E-state index contributed by atoms with van der Waals surface area (Å²) in [5.74, 6) is -5.61. The van der Waals surface area contributed by atoms with Crippen molar-refractivity contribution in [3.05, 3.63) is 65.7 Å². The zero-order valence-electron chi connectivity index (χ0n) is 20.9. The van der Waals surface area contributed by atoms with Gasteiger partial charge in [0.15, 0.2) is 0 Å². The van der Waals surface area contributed by atoms with Crippen LogP contribution in [0.5, 0.6) is 0 Å². The zero-order valence-corrected chi connectivity index (χ0v) is 20.9. The molecule has 1 spiro atoms. The summed E-state index contributed by atoms with van der Waals surface area (Å²) in [6.07, 6.45) is -3.48. The molecule has 0 saturated carbocycles. The lowest BCUT2D eigenvalue weighted by Gasteiger charge is -2.40. The maximum absolute atomic E-state index is 13.1. The van der Waals surface area contributed by atoms with Gasteiger partial charge in [0.2, 0.25) is 0 Å².